The van der Waals surface area contributed by atoms with Crippen LogP contribution >= 0.6 is 0 Å². The van der Waals surface area contributed by atoms with Crippen molar-refractivity contribution in [2.75, 3.05) is 6.54 Å². The van der Waals surface area contributed by atoms with Gasteiger partial charge >= 0.3 is 0 Å². The number of nitrogens with zero attached hydrogens (tertiary/aromatic N) is 1. The Labute approximate surface area is 93.3 Å². The monoisotopic (exact) mass is 234 g/mol. The maximum Gasteiger partial charge on any atom is 0.263 e. The van der Waals surface area contributed by atoms with Gasteiger partial charge in [-0.25, -0.2) is 5.48 Å². The van der Waals surface area contributed by atoms with Crippen LogP contribution in [0.3, 0.4) is 0 Å². The molecule has 0 aromatic carbocycles. The van der Waals surface area contributed by atoms with Gasteiger partial charge in [0.15, 0.2) is 0 Å². The molecule has 1 saturated heterocycles. The molecule has 0 aliphatic carbocycles. The Morgan fingerprint density at radius 1 is 1.31 bits per heavy atom. The number of carbonyl (C=O) groups is 1. The first kappa shape index (κ1) is 13.3. The van der Waals surface area contributed by atoms with E-state index in [0.29, 0.717) is 0 Å². The van der Waals surface area contributed by atoms with Gasteiger partial charge < -0.3 is 15.3 Å². The first-order valence-corrected chi connectivity index (χ1v) is 5.14. The predicted molar refractivity (Wildman–Crippen MR) is 53.6 cm³/mol. The zero-order chi connectivity index (χ0) is 12.5. The molecule has 1 amide bonds. The van der Waals surface area contributed by atoms with Crippen LogP contribution in [0.4, 0.5) is 0 Å². The van der Waals surface area contributed by atoms with Gasteiger partial charge in [0.2, 0.25) is 0 Å². The highest BCUT2D eigenvalue weighted by atomic mass is 16.5. The summed E-state index contributed by atoms with van der Waals surface area (Å²) in [4.78, 5) is 12.9. The normalized spacial score (nSPS) is 36.4. The third-order valence-electron chi connectivity index (χ3n) is 2.86. The minimum Gasteiger partial charge on any atom is -0.389 e. The molecule has 0 aromatic heterocycles. The molecule has 0 spiro atoms. The van der Waals surface area contributed by atoms with Gasteiger partial charge in [0.25, 0.3) is 5.91 Å². The molecule has 0 bridgehead atoms. The van der Waals surface area contributed by atoms with Crippen molar-refractivity contribution >= 4 is 5.91 Å². The van der Waals surface area contributed by atoms with Crippen molar-refractivity contribution in [3.63, 3.8) is 0 Å². The Morgan fingerprint density at radius 3 is 2.31 bits per heavy atom. The van der Waals surface area contributed by atoms with Gasteiger partial charge in [0.05, 0.1) is 6.10 Å². The predicted octanol–water partition coefficient (Wildman–Crippen LogP) is -2.33. The Kier molecular flexibility index (Phi) is 4.22. The standard InChI is InChI=1S/C9H18N2O5/c1-4(2)11-3-5(12)7(13)8(14)6(11)9(15)10-16/h4-8,12-14,16H,3H2,1-2H3,(H,10,15)/t5-,6-,7-,8-/m1/s1. The molecule has 1 aliphatic heterocycles. The molecule has 0 saturated carbocycles. The van der Waals surface area contributed by atoms with Crippen molar-refractivity contribution in [1.29, 1.82) is 0 Å². The molecule has 7 nitrogen and oxygen atoms in total. The van der Waals surface area contributed by atoms with Crippen LogP contribution in [0.15, 0.2) is 0 Å². The van der Waals surface area contributed by atoms with Gasteiger partial charge in [-0.05, 0) is 13.8 Å². The number of carbonyl (C=O) groups excluding carboxylic acids is 1. The fourth-order valence-electron chi connectivity index (χ4n) is 1.95. The maximum absolute atomic E-state index is 11.4. The largest absolute Gasteiger partial charge is 0.389 e. The zero-order valence-electron chi connectivity index (χ0n) is 9.24. The third kappa shape index (κ3) is 2.33. The van der Waals surface area contributed by atoms with Crippen molar-refractivity contribution in [1.82, 2.24) is 10.4 Å². The van der Waals surface area contributed by atoms with Gasteiger partial charge in [0, 0.05) is 12.6 Å². The van der Waals surface area contributed by atoms with Crippen LogP contribution in [0.1, 0.15) is 13.8 Å². The lowest BCUT2D eigenvalue weighted by molar-refractivity contribution is -0.167. The van der Waals surface area contributed by atoms with Crippen molar-refractivity contribution in [2.24, 2.45) is 0 Å². The highest BCUT2D eigenvalue weighted by Gasteiger charge is 2.45. The second-order valence-electron chi connectivity index (χ2n) is 4.26. The first-order valence-electron chi connectivity index (χ1n) is 5.14. The Hall–Kier alpha value is -0.730. The molecule has 0 radical (unpaired) electrons. The van der Waals surface area contributed by atoms with Crippen LogP contribution in [0.2, 0.25) is 0 Å². The lowest BCUT2D eigenvalue weighted by Gasteiger charge is -2.44. The summed E-state index contributed by atoms with van der Waals surface area (Å²) < 4.78 is 0. The molecule has 1 aliphatic rings. The van der Waals surface area contributed by atoms with Gasteiger partial charge in [-0.2, -0.15) is 0 Å². The smallest absolute Gasteiger partial charge is 0.263 e. The summed E-state index contributed by atoms with van der Waals surface area (Å²) >= 11 is 0. The summed E-state index contributed by atoms with van der Waals surface area (Å²) in [6.45, 7) is 3.64. The number of likely N-dealkylation sites (tertiary alicyclic amines) is 1. The van der Waals surface area contributed by atoms with E-state index in [4.69, 9.17) is 5.21 Å². The maximum atomic E-state index is 11.4. The molecule has 0 unspecified atom stereocenters. The highest BCUT2D eigenvalue weighted by molar-refractivity contribution is 5.81. The molecule has 0 aromatic rings. The zero-order valence-corrected chi connectivity index (χ0v) is 9.24. The third-order valence-corrected chi connectivity index (χ3v) is 2.86. The Balaban J connectivity index is 2.93. The lowest BCUT2D eigenvalue weighted by atomic mass is 9.92. The van der Waals surface area contributed by atoms with Crippen LogP contribution in [0.25, 0.3) is 0 Å². The number of piperidine rings is 1. The number of β-amino-alcohol motifs (C(OH)–C–C–N with tert-alkyl or cyclic N) is 1. The summed E-state index contributed by atoms with van der Waals surface area (Å²) in [6, 6.07) is -1.18. The van der Waals surface area contributed by atoms with E-state index in [2.05, 4.69) is 0 Å². The molecule has 1 heterocycles. The summed E-state index contributed by atoms with van der Waals surface area (Å²) in [7, 11) is 0. The molecule has 1 rings (SSSR count). The number of rotatable bonds is 2. The number of aliphatic hydroxyl groups is 3. The first-order chi connectivity index (χ1) is 7.40. The van der Waals surface area contributed by atoms with E-state index in [0.717, 1.165) is 0 Å². The van der Waals surface area contributed by atoms with E-state index in [1.165, 1.54) is 10.4 Å². The molecule has 1 fully saturated rings. The second kappa shape index (κ2) is 5.07. The Morgan fingerprint density at radius 2 is 1.88 bits per heavy atom. The lowest BCUT2D eigenvalue weighted by Crippen LogP contribution is -2.66. The molecule has 94 valence electrons. The van der Waals surface area contributed by atoms with Gasteiger partial charge in [-0.1, -0.05) is 0 Å². The second-order valence-corrected chi connectivity index (χ2v) is 4.26. The van der Waals surface area contributed by atoms with E-state index < -0.39 is 30.3 Å². The summed E-state index contributed by atoms with van der Waals surface area (Å²) in [5.74, 6) is -0.799. The molecule has 7 heteroatoms. The van der Waals surface area contributed by atoms with Crippen LogP contribution < -0.4 is 5.48 Å². The van der Waals surface area contributed by atoms with E-state index >= 15 is 0 Å². The molecular weight excluding hydrogens is 216 g/mol. The van der Waals surface area contributed by atoms with Crippen molar-refractivity contribution in [2.45, 2.75) is 44.2 Å². The van der Waals surface area contributed by atoms with E-state index in [9.17, 15) is 20.1 Å². The molecule has 5 N–H and O–H groups in total. The summed E-state index contributed by atoms with van der Waals surface area (Å²) in [6.07, 6.45) is -3.93. The van der Waals surface area contributed by atoms with Crippen molar-refractivity contribution in [3.8, 4) is 0 Å². The number of amides is 1. The minimum atomic E-state index is -1.43. The van der Waals surface area contributed by atoms with Gasteiger partial charge in [-0.15, -0.1) is 0 Å². The quantitative estimate of drug-likeness (QED) is 0.270. The molecule has 4 atom stereocenters. The van der Waals surface area contributed by atoms with E-state index in [-0.39, 0.29) is 12.6 Å². The number of aliphatic hydroxyl groups excluding tert-OH is 3. The average Bonchev–Trinajstić information content (AvgIpc) is 2.24. The minimum absolute atomic E-state index is 0.0635. The van der Waals surface area contributed by atoms with Crippen molar-refractivity contribution in [3.05, 3.63) is 0 Å². The molecular formula is C9H18N2O5. The van der Waals surface area contributed by atoms with Crippen LogP contribution in [-0.4, -0.2) is 68.3 Å². The number of hydrogen-bond donors (Lipinski definition) is 5. The topological polar surface area (TPSA) is 113 Å². The van der Waals surface area contributed by atoms with Crippen LogP contribution in [0.5, 0.6) is 0 Å². The van der Waals surface area contributed by atoms with Crippen LogP contribution in [0, 0.1) is 0 Å². The van der Waals surface area contributed by atoms with E-state index in [1.807, 2.05) is 0 Å². The van der Waals surface area contributed by atoms with E-state index in [1.54, 1.807) is 13.8 Å². The summed E-state index contributed by atoms with van der Waals surface area (Å²) in [5.41, 5.74) is 1.45. The highest BCUT2D eigenvalue weighted by Crippen LogP contribution is 2.21. The number of hydroxylamine groups is 1. The number of nitrogens with one attached hydrogen (secondary N) is 1. The average molecular weight is 234 g/mol. The van der Waals surface area contributed by atoms with Gasteiger partial charge in [0.1, 0.15) is 18.2 Å². The Bertz CT molecular complexity index is 260. The summed E-state index contributed by atoms with van der Waals surface area (Å²) in [5, 5.41) is 37.2. The van der Waals surface area contributed by atoms with Gasteiger partial charge in [-0.3, -0.25) is 14.9 Å². The van der Waals surface area contributed by atoms with Crippen LogP contribution in [-0.2, 0) is 4.79 Å². The molecule has 16 heavy (non-hydrogen) atoms. The number of hydrogen-bond acceptors (Lipinski definition) is 6. The SMILES string of the molecule is CC(C)N1C[C@@H](O)[C@@H](O)[C@H](O)[C@@H]1C(=O)NO. The fraction of sp³-hybridized carbons (Fsp3) is 0.889. The van der Waals surface area contributed by atoms with Crippen molar-refractivity contribution < 1.29 is 25.3 Å². The fourth-order valence-corrected chi connectivity index (χ4v) is 1.95.